The molecule has 3 N–H and O–H groups in total. The van der Waals surface area contributed by atoms with Gasteiger partial charge in [-0.3, -0.25) is 4.79 Å². The Kier molecular flexibility index (Phi) is 4.11. The highest BCUT2D eigenvalue weighted by molar-refractivity contribution is 5.79. The molecule has 1 aromatic carbocycles. The Balaban J connectivity index is 1.60. The first kappa shape index (κ1) is 15.0. The summed E-state index contributed by atoms with van der Waals surface area (Å²) in [5.41, 5.74) is 7.37. The van der Waals surface area contributed by atoms with Crippen LogP contribution < -0.4 is 11.1 Å². The summed E-state index contributed by atoms with van der Waals surface area (Å²) in [5, 5.41) is 2.95. The minimum atomic E-state index is -0.270. The quantitative estimate of drug-likeness (QED) is 0.899. The third-order valence-electron chi connectivity index (χ3n) is 4.43. The van der Waals surface area contributed by atoms with Crippen molar-refractivity contribution in [2.75, 3.05) is 6.54 Å². The summed E-state index contributed by atoms with van der Waals surface area (Å²) in [4.78, 5) is 16.5. The van der Waals surface area contributed by atoms with Crippen LogP contribution in [-0.2, 0) is 18.3 Å². The van der Waals surface area contributed by atoms with E-state index >= 15 is 0 Å². The van der Waals surface area contributed by atoms with Crippen LogP contribution >= 0.6 is 0 Å². The number of hydrogen-bond acceptors (Lipinski definition) is 3. The molecule has 0 aliphatic heterocycles. The predicted molar refractivity (Wildman–Crippen MR) is 82.7 cm³/mol. The summed E-state index contributed by atoms with van der Waals surface area (Å²) < 4.78 is 15.2. The molecule has 2 unspecified atom stereocenters. The highest BCUT2D eigenvalue weighted by Crippen LogP contribution is 2.24. The van der Waals surface area contributed by atoms with Crippen LogP contribution in [-0.4, -0.2) is 28.0 Å². The average molecular weight is 304 g/mol. The maximum Gasteiger partial charge on any atom is 0.223 e. The van der Waals surface area contributed by atoms with Crippen LogP contribution in [0.2, 0.25) is 0 Å². The number of carbonyl (C=O) groups excluding carboxylic acids is 1. The Labute approximate surface area is 128 Å². The number of amides is 1. The van der Waals surface area contributed by atoms with Crippen LogP contribution in [0.3, 0.4) is 0 Å². The van der Waals surface area contributed by atoms with E-state index in [2.05, 4.69) is 10.3 Å². The van der Waals surface area contributed by atoms with Crippen LogP contribution in [0.15, 0.2) is 18.2 Å². The number of imidazole rings is 1. The van der Waals surface area contributed by atoms with Crippen molar-refractivity contribution < 1.29 is 9.18 Å². The lowest BCUT2D eigenvalue weighted by molar-refractivity contribution is -0.124. The zero-order chi connectivity index (χ0) is 15.7. The second-order valence-corrected chi connectivity index (χ2v) is 6.03. The zero-order valence-corrected chi connectivity index (χ0v) is 12.7. The van der Waals surface area contributed by atoms with Crippen LogP contribution in [0, 0.1) is 11.7 Å². The summed E-state index contributed by atoms with van der Waals surface area (Å²) in [5.74, 6) is 0.694. The molecular weight excluding hydrogens is 283 g/mol. The van der Waals surface area contributed by atoms with E-state index in [-0.39, 0.29) is 23.7 Å². The Morgan fingerprint density at radius 3 is 3.05 bits per heavy atom. The third kappa shape index (κ3) is 2.97. The lowest BCUT2D eigenvalue weighted by Gasteiger charge is -2.10. The number of fused-ring (bicyclic) bond motifs is 1. The van der Waals surface area contributed by atoms with E-state index in [9.17, 15) is 9.18 Å². The Hall–Kier alpha value is -1.95. The Morgan fingerprint density at radius 2 is 2.32 bits per heavy atom. The summed E-state index contributed by atoms with van der Waals surface area (Å²) in [6, 6.07) is 4.71. The van der Waals surface area contributed by atoms with Crippen molar-refractivity contribution in [1.29, 1.82) is 0 Å². The largest absolute Gasteiger partial charge is 0.355 e. The molecule has 6 heteroatoms. The highest BCUT2D eigenvalue weighted by atomic mass is 19.1. The molecular formula is C16H21FN4O. The average Bonchev–Trinajstić information content (AvgIpc) is 3.05. The molecule has 22 heavy (non-hydrogen) atoms. The lowest BCUT2D eigenvalue weighted by Crippen LogP contribution is -2.32. The number of nitrogens with two attached hydrogens (primary N) is 1. The van der Waals surface area contributed by atoms with Crippen LogP contribution in [0.1, 0.15) is 25.1 Å². The van der Waals surface area contributed by atoms with Crippen LogP contribution in [0.5, 0.6) is 0 Å². The van der Waals surface area contributed by atoms with Gasteiger partial charge in [-0.15, -0.1) is 0 Å². The van der Waals surface area contributed by atoms with Gasteiger partial charge in [0.05, 0.1) is 11.0 Å². The standard InChI is InChI=1S/C16H21FN4O/c1-21-14-9-11(17)3-5-13(14)20-15(21)6-7-19-16(22)10-2-4-12(18)8-10/h3,5,9-10,12H,2,4,6-8,18H2,1H3,(H,19,22). The molecule has 1 aromatic heterocycles. The van der Waals surface area contributed by atoms with Gasteiger partial charge in [0.25, 0.3) is 0 Å². The van der Waals surface area contributed by atoms with E-state index in [1.54, 1.807) is 6.07 Å². The molecule has 2 aromatic rings. The van der Waals surface area contributed by atoms with Gasteiger partial charge in [0.1, 0.15) is 11.6 Å². The molecule has 0 radical (unpaired) electrons. The number of aryl methyl sites for hydroxylation is 1. The molecule has 5 nitrogen and oxygen atoms in total. The first-order valence-electron chi connectivity index (χ1n) is 7.68. The van der Waals surface area contributed by atoms with Crippen molar-refractivity contribution in [2.24, 2.45) is 18.7 Å². The molecule has 1 amide bonds. The van der Waals surface area contributed by atoms with Gasteiger partial charge >= 0.3 is 0 Å². The van der Waals surface area contributed by atoms with Crippen molar-refractivity contribution >= 4 is 16.9 Å². The molecule has 1 fully saturated rings. The van der Waals surface area contributed by atoms with Crippen LogP contribution in [0.25, 0.3) is 11.0 Å². The highest BCUT2D eigenvalue weighted by Gasteiger charge is 2.27. The normalized spacial score (nSPS) is 21.4. The van der Waals surface area contributed by atoms with Crippen LogP contribution in [0.4, 0.5) is 4.39 Å². The van der Waals surface area contributed by atoms with Gasteiger partial charge < -0.3 is 15.6 Å². The molecule has 0 spiro atoms. The van der Waals surface area contributed by atoms with E-state index in [1.165, 1.54) is 12.1 Å². The minimum absolute atomic E-state index is 0.0459. The number of aromatic nitrogens is 2. The van der Waals surface area contributed by atoms with E-state index in [1.807, 2.05) is 11.6 Å². The monoisotopic (exact) mass is 304 g/mol. The second-order valence-electron chi connectivity index (χ2n) is 6.03. The maximum absolute atomic E-state index is 13.3. The van der Waals surface area contributed by atoms with E-state index in [4.69, 9.17) is 5.73 Å². The van der Waals surface area contributed by atoms with Gasteiger partial charge in [-0.25, -0.2) is 9.37 Å². The van der Waals surface area contributed by atoms with Gasteiger partial charge in [-0.05, 0) is 37.5 Å². The van der Waals surface area contributed by atoms with Gasteiger partial charge in [-0.2, -0.15) is 0 Å². The Bertz CT molecular complexity index is 697. The number of nitrogens with zero attached hydrogens (tertiary/aromatic N) is 2. The molecule has 1 aliphatic rings. The number of halogens is 1. The number of benzene rings is 1. The summed E-state index contributed by atoms with van der Waals surface area (Å²) in [7, 11) is 1.86. The fourth-order valence-electron chi connectivity index (χ4n) is 3.13. The van der Waals surface area contributed by atoms with Crippen molar-refractivity contribution in [3.05, 3.63) is 29.8 Å². The fourth-order valence-corrected chi connectivity index (χ4v) is 3.13. The predicted octanol–water partition coefficient (Wildman–Crippen LogP) is 1.50. The molecule has 1 heterocycles. The minimum Gasteiger partial charge on any atom is -0.355 e. The Morgan fingerprint density at radius 1 is 1.50 bits per heavy atom. The number of hydrogen-bond donors (Lipinski definition) is 2. The van der Waals surface area contributed by atoms with Crippen molar-refractivity contribution in [1.82, 2.24) is 14.9 Å². The summed E-state index contributed by atoms with van der Waals surface area (Å²) in [6.07, 6.45) is 3.20. The lowest BCUT2D eigenvalue weighted by atomic mass is 10.1. The molecule has 118 valence electrons. The first-order chi connectivity index (χ1) is 10.5. The van der Waals surface area contributed by atoms with E-state index in [0.717, 1.165) is 36.1 Å². The van der Waals surface area contributed by atoms with Crippen molar-refractivity contribution in [3.63, 3.8) is 0 Å². The summed E-state index contributed by atoms with van der Waals surface area (Å²) in [6.45, 7) is 0.532. The first-order valence-corrected chi connectivity index (χ1v) is 7.68. The molecule has 0 saturated heterocycles. The number of carbonyl (C=O) groups is 1. The van der Waals surface area contributed by atoms with E-state index < -0.39 is 0 Å². The maximum atomic E-state index is 13.3. The molecule has 0 bridgehead atoms. The molecule has 1 aliphatic carbocycles. The van der Waals surface area contributed by atoms with Gasteiger partial charge in [0.2, 0.25) is 5.91 Å². The number of rotatable bonds is 4. The fraction of sp³-hybridized carbons (Fsp3) is 0.500. The number of nitrogens with one attached hydrogen (secondary N) is 1. The zero-order valence-electron chi connectivity index (χ0n) is 12.7. The van der Waals surface area contributed by atoms with Gasteiger partial charge in [0.15, 0.2) is 0 Å². The second kappa shape index (κ2) is 6.04. The SMILES string of the molecule is Cn1c(CCNC(=O)C2CCC(N)C2)nc2ccc(F)cc21. The van der Waals surface area contributed by atoms with Crippen molar-refractivity contribution in [3.8, 4) is 0 Å². The molecule has 3 rings (SSSR count). The summed E-state index contributed by atoms with van der Waals surface area (Å²) >= 11 is 0. The topological polar surface area (TPSA) is 72.9 Å². The van der Waals surface area contributed by atoms with Gasteiger partial charge in [-0.1, -0.05) is 0 Å². The molecule has 1 saturated carbocycles. The van der Waals surface area contributed by atoms with Gasteiger partial charge in [0, 0.05) is 32.0 Å². The molecule has 2 atom stereocenters. The van der Waals surface area contributed by atoms with Crippen molar-refractivity contribution in [2.45, 2.75) is 31.7 Å². The third-order valence-corrected chi connectivity index (χ3v) is 4.43. The van der Waals surface area contributed by atoms with E-state index in [0.29, 0.717) is 13.0 Å². The smallest absolute Gasteiger partial charge is 0.223 e.